The summed E-state index contributed by atoms with van der Waals surface area (Å²) in [5, 5.41) is 21.7. The molecule has 6 nitrogen and oxygen atoms in total. The monoisotopic (exact) mass is 237 g/mol. The number of hydrogen-bond donors (Lipinski definition) is 2. The van der Waals surface area contributed by atoms with Gasteiger partial charge in [0.2, 0.25) is 0 Å². The van der Waals surface area contributed by atoms with Crippen molar-refractivity contribution in [2.24, 2.45) is 5.18 Å². The molecule has 0 bridgehead atoms. The molecule has 0 aromatic heterocycles. The van der Waals surface area contributed by atoms with Crippen molar-refractivity contribution in [2.45, 2.75) is 20.8 Å². The number of Topliss-reactive ketones (excluding diaryl/α,β-unsaturated/α-hetero) is 2. The zero-order valence-electron chi connectivity index (χ0n) is 9.57. The van der Waals surface area contributed by atoms with Gasteiger partial charge in [0.05, 0.1) is 11.1 Å². The number of aromatic hydroxyl groups is 2. The van der Waals surface area contributed by atoms with Crippen LogP contribution in [-0.2, 0) is 0 Å². The second-order valence-corrected chi connectivity index (χ2v) is 3.62. The van der Waals surface area contributed by atoms with E-state index in [1.807, 2.05) is 0 Å². The van der Waals surface area contributed by atoms with Gasteiger partial charge < -0.3 is 10.2 Å². The van der Waals surface area contributed by atoms with Gasteiger partial charge >= 0.3 is 0 Å². The van der Waals surface area contributed by atoms with E-state index in [1.54, 1.807) is 0 Å². The van der Waals surface area contributed by atoms with Gasteiger partial charge in [-0.2, -0.15) is 0 Å². The summed E-state index contributed by atoms with van der Waals surface area (Å²) in [6.45, 7) is 3.76. The molecule has 0 saturated carbocycles. The van der Waals surface area contributed by atoms with Gasteiger partial charge in [0.1, 0.15) is 0 Å². The van der Waals surface area contributed by atoms with Crippen LogP contribution in [0.3, 0.4) is 0 Å². The van der Waals surface area contributed by atoms with Crippen molar-refractivity contribution in [1.29, 1.82) is 0 Å². The van der Waals surface area contributed by atoms with Crippen LogP contribution in [0, 0.1) is 11.8 Å². The van der Waals surface area contributed by atoms with Crippen LogP contribution >= 0.6 is 0 Å². The molecule has 90 valence electrons. The summed E-state index contributed by atoms with van der Waals surface area (Å²) in [5.74, 6) is -2.44. The maximum absolute atomic E-state index is 11.3. The summed E-state index contributed by atoms with van der Waals surface area (Å²) in [7, 11) is 0. The first-order valence-corrected chi connectivity index (χ1v) is 4.76. The minimum absolute atomic E-state index is 0.132. The lowest BCUT2D eigenvalue weighted by Crippen LogP contribution is -2.05. The van der Waals surface area contributed by atoms with Gasteiger partial charge in [-0.3, -0.25) is 9.59 Å². The van der Waals surface area contributed by atoms with Crippen LogP contribution in [0.25, 0.3) is 0 Å². The van der Waals surface area contributed by atoms with Crippen molar-refractivity contribution in [3.05, 3.63) is 21.6 Å². The van der Waals surface area contributed by atoms with Crippen LogP contribution in [0.2, 0.25) is 0 Å². The predicted octanol–water partition coefficient (Wildman–Crippen LogP) is 2.21. The fraction of sp³-hybridized carbons (Fsp3) is 0.273. The average molecular weight is 237 g/mol. The van der Waals surface area contributed by atoms with Crippen molar-refractivity contribution in [1.82, 2.24) is 0 Å². The van der Waals surface area contributed by atoms with E-state index in [0.717, 1.165) is 0 Å². The van der Waals surface area contributed by atoms with Crippen LogP contribution in [-0.4, -0.2) is 21.8 Å². The number of benzene rings is 1. The molecule has 2 N–H and O–H groups in total. The zero-order valence-corrected chi connectivity index (χ0v) is 9.57. The first-order chi connectivity index (χ1) is 7.82. The van der Waals surface area contributed by atoms with Gasteiger partial charge in [-0.1, -0.05) is 0 Å². The Labute approximate surface area is 96.9 Å². The number of phenols is 2. The number of carbonyl (C=O) groups excluding carboxylic acids is 2. The van der Waals surface area contributed by atoms with Crippen LogP contribution in [0.5, 0.6) is 11.5 Å². The molecule has 0 spiro atoms. The molecule has 0 atom stereocenters. The van der Waals surface area contributed by atoms with E-state index in [1.165, 1.54) is 20.8 Å². The van der Waals surface area contributed by atoms with Crippen molar-refractivity contribution < 1.29 is 19.8 Å². The van der Waals surface area contributed by atoms with Gasteiger partial charge in [0.15, 0.2) is 28.8 Å². The van der Waals surface area contributed by atoms with Gasteiger partial charge in [-0.25, -0.2) is 0 Å². The molecule has 0 aliphatic carbocycles. The summed E-state index contributed by atoms with van der Waals surface area (Å²) >= 11 is 0. The largest absolute Gasteiger partial charge is 0.505 e. The molecule has 0 aliphatic heterocycles. The normalized spacial score (nSPS) is 10.1. The number of carbonyl (C=O) groups is 2. The third-order valence-electron chi connectivity index (χ3n) is 2.47. The SMILES string of the molecule is CC(=O)c1c(C)c(C(C)=O)c(O)c(N=O)c1O. The van der Waals surface area contributed by atoms with Crippen molar-refractivity contribution in [3.63, 3.8) is 0 Å². The Morgan fingerprint density at radius 1 is 1.00 bits per heavy atom. The maximum atomic E-state index is 11.3. The van der Waals surface area contributed by atoms with Crippen molar-refractivity contribution >= 4 is 17.3 Å². The highest BCUT2D eigenvalue weighted by Crippen LogP contribution is 2.44. The van der Waals surface area contributed by atoms with E-state index >= 15 is 0 Å². The smallest absolute Gasteiger partial charge is 0.192 e. The Bertz CT molecular complexity index is 492. The fourth-order valence-corrected chi connectivity index (χ4v) is 1.78. The van der Waals surface area contributed by atoms with Crippen molar-refractivity contribution in [2.75, 3.05) is 0 Å². The molecule has 1 aromatic rings. The molecule has 0 unspecified atom stereocenters. The standard InChI is InChI=1S/C11H11NO5/c1-4-7(5(2)13)10(15)9(12-17)11(16)8(4)6(3)14/h15-16H,1-3H3. The summed E-state index contributed by atoms with van der Waals surface area (Å²) in [4.78, 5) is 33.2. The number of hydrogen-bond acceptors (Lipinski definition) is 6. The summed E-state index contributed by atoms with van der Waals surface area (Å²) < 4.78 is 0. The molecule has 0 amide bonds. The van der Waals surface area contributed by atoms with Crippen LogP contribution in [0.15, 0.2) is 5.18 Å². The zero-order chi connectivity index (χ0) is 13.3. The predicted molar refractivity (Wildman–Crippen MR) is 60.0 cm³/mol. The van der Waals surface area contributed by atoms with Crippen molar-refractivity contribution in [3.8, 4) is 11.5 Å². The molecular weight excluding hydrogens is 226 g/mol. The summed E-state index contributed by atoms with van der Waals surface area (Å²) in [5.41, 5.74) is -0.913. The van der Waals surface area contributed by atoms with E-state index < -0.39 is 28.8 Å². The van der Waals surface area contributed by atoms with Crippen LogP contribution in [0.1, 0.15) is 40.1 Å². The van der Waals surface area contributed by atoms with Gasteiger partial charge in [0, 0.05) is 0 Å². The third kappa shape index (κ3) is 1.89. The Kier molecular flexibility index (Phi) is 3.26. The first-order valence-electron chi connectivity index (χ1n) is 4.76. The fourth-order valence-electron chi connectivity index (χ4n) is 1.78. The second-order valence-electron chi connectivity index (χ2n) is 3.62. The molecule has 0 heterocycles. The Morgan fingerprint density at radius 2 is 1.35 bits per heavy atom. The highest BCUT2D eigenvalue weighted by molar-refractivity contribution is 6.08. The minimum atomic E-state index is -0.701. The van der Waals surface area contributed by atoms with Gasteiger partial charge in [-0.05, 0) is 31.5 Å². The highest BCUT2D eigenvalue weighted by Gasteiger charge is 2.26. The number of nitroso groups, excluding NO2 is 1. The maximum Gasteiger partial charge on any atom is 0.192 e. The highest BCUT2D eigenvalue weighted by atomic mass is 16.3. The number of phenolic OH excluding ortho intramolecular Hbond substituents is 2. The van der Waals surface area contributed by atoms with E-state index in [0.29, 0.717) is 0 Å². The molecule has 1 aromatic carbocycles. The summed E-state index contributed by atoms with van der Waals surface area (Å²) in [6.07, 6.45) is 0. The van der Waals surface area contributed by atoms with E-state index in [9.17, 15) is 24.7 Å². The summed E-state index contributed by atoms with van der Waals surface area (Å²) in [6, 6.07) is 0. The van der Waals surface area contributed by atoms with Crippen LogP contribution in [0.4, 0.5) is 5.69 Å². The van der Waals surface area contributed by atoms with Gasteiger partial charge in [0.25, 0.3) is 0 Å². The van der Waals surface area contributed by atoms with E-state index in [-0.39, 0.29) is 16.7 Å². The Hall–Kier alpha value is -2.24. The number of rotatable bonds is 3. The second kappa shape index (κ2) is 4.32. The lowest BCUT2D eigenvalue weighted by molar-refractivity contribution is 0.101. The lowest BCUT2D eigenvalue weighted by Gasteiger charge is -2.12. The average Bonchev–Trinajstić information content (AvgIpc) is 2.16. The quantitative estimate of drug-likeness (QED) is 0.619. The Balaban J connectivity index is 3.88. The topological polar surface area (TPSA) is 104 Å². The molecule has 1 rings (SSSR count). The lowest BCUT2D eigenvalue weighted by atomic mass is 9.94. The van der Waals surface area contributed by atoms with E-state index in [2.05, 4.69) is 5.18 Å². The molecule has 0 aliphatic rings. The third-order valence-corrected chi connectivity index (χ3v) is 2.47. The van der Waals surface area contributed by atoms with Gasteiger partial charge in [-0.15, -0.1) is 4.91 Å². The number of nitrogens with zero attached hydrogens (tertiary/aromatic N) is 1. The van der Waals surface area contributed by atoms with E-state index in [4.69, 9.17) is 0 Å². The molecule has 6 heteroatoms. The first kappa shape index (κ1) is 12.8. The van der Waals surface area contributed by atoms with Crippen LogP contribution < -0.4 is 0 Å². The molecule has 17 heavy (non-hydrogen) atoms. The minimum Gasteiger partial charge on any atom is -0.505 e. The Morgan fingerprint density at radius 3 is 1.59 bits per heavy atom. The molecule has 0 radical (unpaired) electrons. The molecule has 0 saturated heterocycles. The molecular formula is C11H11NO5. The molecule has 0 fully saturated rings. The number of ketones is 2.